The lowest BCUT2D eigenvalue weighted by Crippen LogP contribution is -2.42. The molecule has 3 aromatic carbocycles. The normalized spacial score (nSPS) is 13.8. The van der Waals surface area contributed by atoms with Crippen LogP contribution in [0.25, 0.3) is 0 Å². The molecule has 240 valence electrons. The van der Waals surface area contributed by atoms with E-state index in [1.807, 2.05) is 80.6 Å². The molecule has 2 heterocycles. The Hall–Kier alpha value is -3.92. The summed E-state index contributed by atoms with van der Waals surface area (Å²) < 4.78 is 5.48. The molecule has 0 aliphatic carbocycles. The number of amides is 2. The number of thioether (sulfide) groups is 1. The van der Waals surface area contributed by atoms with Gasteiger partial charge in [-0.05, 0) is 78.9 Å². The van der Waals surface area contributed by atoms with Crippen molar-refractivity contribution in [1.29, 1.82) is 0 Å². The minimum absolute atomic E-state index is 0.0680. The Morgan fingerprint density at radius 2 is 1.52 bits per heavy atom. The zero-order valence-electron chi connectivity index (χ0n) is 26.7. The second-order valence-corrected chi connectivity index (χ2v) is 13.1. The number of anilines is 2. The second-order valence-electron chi connectivity index (χ2n) is 11.7. The predicted octanol–water partition coefficient (Wildman–Crippen LogP) is 7.21. The van der Waals surface area contributed by atoms with Crippen LogP contribution in [0.15, 0.2) is 84.0 Å². The van der Waals surface area contributed by atoms with Crippen molar-refractivity contribution in [3.8, 4) is 0 Å². The number of rotatable bonds is 11. The Kier molecular flexibility index (Phi) is 11.3. The van der Waals surface area contributed by atoms with Crippen LogP contribution in [0.4, 0.5) is 11.4 Å². The Balaban J connectivity index is 1.46. The van der Waals surface area contributed by atoms with E-state index in [1.54, 1.807) is 17.0 Å². The van der Waals surface area contributed by atoms with Crippen LogP contribution in [0.3, 0.4) is 0 Å². The molecule has 1 unspecified atom stereocenters. The van der Waals surface area contributed by atoms with Crippen molar-refractivity contribution in [3.05, 3.63) is 112 Å². The summed E-state index contributed by atoms with van der Waals surface area (Å²) in [5.41, 5.74) is 6.14. The first-order valence-corrected chi connectivity index (χ1v) is 16.8. The number of aryl methyl sites for hydroxylation is 2. The fourth-order valence-electron chi connectivity index (χ4n) is 5.40. The maximum atomic E-state index is 14.3. The second kappa shape index (κ2) is 15.6. The standard InChI is InChI=1S/C36H40ClN5O3S/c1-24(2)28-7-9-29(10-8-28)34(35(44)40-31-13-15-32(16-14-31)41-17-19-45-20-18-41)42(22-27-5-11-30(37)12-6-27)33(43)23-46-36-38-25(3)21-26(4)39-36/h5-16,21,24,34H,17-20,22-23H2,1-4H3,(H,40,44). The summed E-state index contributed by atoms with van der Waals surface area (Å²) in [5.74, 6) is -0.115. The highest BCUT2D eigenvalue weighted by Crippen LogP contribution is 2.29. The van der Waals surface area contributed by atoms with Crippen LogP contribution in [0, 0.1) is 13.8 Å². The molecule has 0 saturated carbocycles. The molecule has 8 nitrogen and oxygen atoms in total. The Morgan fingerprint density at radius 3 is 2.13 bits per heavy atom. The van der Waals surface area contributed by atoms with Gasteiger partial charge in [0.15, 0.2) is 5.16 Å². The van der Waals surface area contributed by atoms with Crippen LogP contribution in [-0.2, 0) is 20.9 Å². The molecule has 0 radical (unpaired) electrons. The first kappa shape index (κ1) is 33.4. The number of nitrogens with zero attached hydrogens (tertiary/aromatic N) is 4. The Labute approximate surface area is 280 Å². The monoisotopic (exact) mass is 657 g/mol. The number of carbonyl (C=O) groups is 2. The van der Waals surface area contributed by atoms with E-state index >= 15 is 0 Å². The highest BCUT2D eigenvalue weighted by atomic mass is 35.5. The first-order valence-electron chi connectivity index (χ1n) is 15.5. The van der Waals surface area contributed by atoms with Crippen LogP contribution >= 0.6 is 23.4 Å². The molecule has 0 spiro atoms. The molecule has 1 fully saturated rings. The molecule has 10 heteroatoms. The third kappa shape index (κ3) is 8.87. The maximum absolute atomic E-state index is 14.3. The molecule has 2 amide bonds. The van der Waals surface area contributed by atoms with Crippen molar-refractivity contribution in [1.82, 2.24) is 14.9 Å². The van der Waals surface area contributed by atoms with E-state index in [-0.39, 0.29) is 24.1 Å². The van der Waals surface area contributed by atoms with Gasteiger partial charge in [0, 0.05) is 47.4 Å². The molecule has 46 heavy (non-hydrogen) atoms. The number of hydrogen-bond acceptors (Lipinski definition) is 7. The van der Waals surface area contributed by atoms with Crippen molar-refractivity contribution in [2.24, 2.45) is 0 Å². The van der Waals surface area contributed by atoms with E-state index in [0.717, 1.165) is 46.9 Å². The molecule has 1 aliphatic heterocycles. The largest absolute Gasteiger partial charge is 0.378 e. The fraction of sp³-hybridized carbons (Fsp3) is 0.333. The highest BCUT2D eigenvalue weighted by Gasteiger charge is 2.32. The molecule has 1 aromatic heterocycles. The molecule has 1 aliphatic rings. The Morgan fingerprint density at radius 1 is 0.913 bits per heavy atom. The predicted molar refractivity (Wildman–Crippen MR) is 186 cm³/mol. The zero-order chi connectivity index (χ0) is 32.6. The lowest BCUT2D eigenvalue weighted by Gasteiger charge is -2.32. The summed E-state index contributed by atoms with van der Waals surface area (Å²) in [5, 5.41) is 4.23. The van der Waals surface area contributed by atoms with Crippen LogP contribution in [0.2, 0.25) is 5.02 Å². The average Bonchev–Trinajstić information content (AvgIpc) is 3.05. The molecular formula is C36H40ClN5O3S. The van der Waals surface area contributed by atoms with Crippen molar-refractivity contribution < 1.29 is 14.3 Å². The molecule has 1 atom stereocenters. The average molecular weight is 658 g/mol. The number of halogens is 1. The van der Waals surface area contributed by atoms with Gasteiger partial charge in [0.25, 0.3) is 5.91 Å². The maximum Gasteiger partial charge on any atom is 0.251 e. The van der Waals surface area contributed by atoms with E-state index < -0.39 is 6.04 Å². The molecule has 4 aromatic rings. The number of morpholine rings is 1. The van der Waals surface area contributed by atoms with Crippen LogP contribution in [0.1, 0.15) is 53.9 Å². The number of benzene rings is 3. The van der Waals surface area contributed by atoms with Gasteiger partial charge in [-0.3, -0.25) is 9.59 Å². The molecular weight excluding hydrogens is 618 g/mol. The summed E-state index contributed by atoms with van der Waals surface area (Å²) in [6.45, 7) is 11.3. The first-order chi connectivity index (χ1) is 22.2. The van der Waals surface area contributed by atoms with Gasteiger partial charge in [0.2, 0.25) is 5.91 Å². The number of hydrogen-bond donors (Lipinski definition) is 1. The van der Waals surface area contributed by atoms with Crippen LogP contribution in [-0.4, -0.2) is 58.7 Å². The number of aromatic nitrogens is 2. The number of carbonyl (C=O) groups excluding carboxylic acids is 2. The SMILES string of the molecule is Cc1cc(C)nc(SCC(=O)N(Cc2ccc(Cl)cc2)C(C(=O)Nc2ccc(N3CCOCC3)cc2)c2ccc(C(C)C)cc2)n1. The topological polar surface area (TPSA) is 87.7 Å². The molecule has 1 N–H and O–H groups in total. The fourth-order valence-corrected chi connectivity index (χ4v) is 6.36. The van der Waals surface area contributed by atoms with Crippen LogP contribution in [0.5, 0.6) is 0 Å². The third-order valence-electron chi connectivity index (χ3n) is 7.86. The van der Waals surface area contributed by atoms with Crippen molar-refractivity contribution in [2.75, 3.05) is 42.3 Å². The third-order valence-corrected chi connectivity index (χ3v) is 8.95. The molecule has 5 rings (SSSR count). The summed E-state index contributed by atoms with van der Waals surface area (Å²) >= 11 is 7.45. The minimum Gasteiger partial charge on any atom is -0.378 e. The number of nitrogens with one attached hydrogen (secondary N) is 1. The van der Waals surface area contributed by atoms with E-state index in [2.05, 4.69) is 34.0 Å². The van der Waals surface area contributed by atoms with E-state index in [4.69, 9.17) is 16.3 Å². The van der Waals surface area contributed by atoms with Gasteiger partial charge in [0.05, 0.1) is 19.0 Å². The van der Waals surface area contributed by atoms with Gasteiger partial charge in [-0.1, -0.05) is 73.6 Å². The lowest BCUT2D eigenvalue weighted by molar-refractivity contribution is -0.137. The quantitative estimate of drug-likeness (QED) is 0.135. The van der Waals surface area contributed by atoms with Gasteiger partial charge in [-0.25, -0.2) is 9.97 Å². The van der Waals surface area contributed by atoms with Gasteiger partial charge in [-0.15, -0.1) is 0 Å². The number of ether oxygens (including phenoxy) is 1. The van der Waals surface area contributed by atoms with Gasteiger partial charge in [0.1, 0.15) is 6.04 Å². The van der Waals surface area contributed by atoms with E-state index in [1.165, 1.54) is 11.8 Å². The van der Waals surface area contributed by atoms with Crippen molar-refractivity contribution in [3.63, 3.8) is 0 Å². The Bertz CT molecular complexity index is 1610. The molecule has 0 bridgehead atoms. The van der Waals surface area contributed by atoms with E-state index in [9.17, 15) is 9.59 Å². The summed E-state index contributed by atoms with van der Waals surface area (Å²) in [7, 11) is 0. The van der Waals surface area contributed by atoms with Crippen molar-refractivity contribution >= 4 is 46.6 Å². The molecule has 1 saturated heterocycles. The zero-order valence-corrected chi connectivity index (χ0v) is 28.3. The minimum atomic E-state index is -0.899. The summed E-state index contributed by atoms with van der Waals surface area (Å²) in [6, 6.07) is 24.1. The van der Waals surface area contributed by atoms with Crippen molar-refractivity contribution in [2.45, 2.75) is 51.4 Å². The summed E-state index contributed by atoms with van der Waals surface area (Å²) in [6.07, 6.45) is 0. The van der Waals surface area contributed by atoms with E-state index in [0.29, 0.717) is 35.0 Å². The van der Waals surface area contributed by atoms with Gasteiger partial charge in [-0.2, -0.15) is 0 Å². The van der Waals surface area contributed by atoms with Crippen LogP contribution < -0.4 is 10.2 Å². The highest BCUT2D eigenvalue weighted by molar-refractivity contribution is 7.99. The lowest BCUT2D eigenvalue weighted by atomic mass is 9.97. The summed E-state index contributed by atoms with van der Waals surface area (Å²) in [4.78, 5) is 41.3. The smallest absolute Gasteiger partial charge is 0.251 e. The van der Waals surface area contributed by atoms with Gasteiger partial charge < -0.3 is 19.9 Å². The van der Waals surface area contributed by atoms with Gasteiger partial charge >= 0.3 is 0 Å².